The third-order valence-electron chi connectivity index (χ3n) is 14.3. The fourth-order valence-corrected chi connectivity index (χ4v) is 20.2. The van der Waals surface area contributed by atoms with Gasteiger partial charge >= 0.3 is 5.97 Å². The van der Waals surface area contributed by atoms with E-state index in [4.69, 9.17) is 4.74 Å². The Morgan fingerprint density at radius 3 is 1.18 bits per heavy atom. The van der Waals surface area contributed by atoms with E-state index in [9.17, 15) is 4.79 Å². The number of esters is 1. The van der Waals surface area contributed by atoms with Crippen LogP contribution in [0.15, 0.2) is 133 Å². The molecule has 1 aliphatic rings. The molecule has 1 saturated heterocycles. The molecule has 0 aliphatic carbocycles. The van der Waals surface area contributed by atoms with Crippen LogP contribution < -0.4 is 77.5 Å². The van der Waals surface area contributed by atoms with Gasteiger partial charge in [-0.25, -0.2) is 4.79 Å². The summed E-state index contributed by atoms with van der Waals surface area (Å²) in [5.41, 5.74) is 0.809. The van der Waals surface area contributed by atoms with Crippen LogP contribution in [0, 0.1) is 0 Å². The Bertz CT molecular complexity index is 1870. The lowest BCUT2D eigenvalue weighted by Gasteiger charge is -2.51. The summed E-state index contributed by atoms with van der Waals surface area (Å²) in [7, 11) is 1.72. The second-order valence-electron chi connectivity index (χ2n) is 21.1. The summed E-state index contributed by atoms with van der Waals surface area (Å²) in [5.74, 6) is -0.266. The van der Waals surface area contributed by atoms with Crippen molar-refractivity contribution in [2.45, 2.75) is 148 Å². The highest BCUT2D eigenvalue weighted by atomic mass is 79.9. The Morgan fingerprint density at radius 2 is 0.836 bits per heavy atom. The van der Waals surface area contributed by atoms with Gasteiger partial charge < -0.3 is 65.5 Å². The summed E-state index contributed by atoms with van der Waals surface area (Å²) < 4.78 is 6.38. The molecule has 4 aromatic carbocycles. The van der Waals surface area contributed by atoms with Crippen LogP contribution in [-0.4, -0.2) is 79.5 Å². The third kappa shape index (κ3) is 19.1. The van der Waals surface area contributed by atoms with Gasteiger partial charge in [-0.2, -0.15) is 0 Å². The molecule has 0 unspecified atom stereocenters. The maximum atomic E-state index is 11.6. The van der Waals surface area contributed by atoms with E-state index < -0.39 is 14.5 Å². The van der Waals surface area contributed by atoms with Gasteiger partial charge in [0, 0.05) is 35.9 Å². The topological polar surface area (TPSA) is 38.3 Å². The van der Waals surface area contributed by atoms with Crippen molar-refractivity contribution < 1.29 is 65.0 Å². The van der Waals surface area contributed by atoms with E-state index in [0.29, 0.717) is 18.2 Å². The molecule has 0 radical (unpaired) electrons. The Balaban J connectivity index is 0.00000514. The Hall–Kier alpha value is -1.69. The predicted molar refractivity (Wildman–Crippen MR) is 285 cm³/mol. The molecular weight excluding hydrogens is 1060 g/mol. The number of unbranched alkanes of at least 4 members (excludes halogenated alkanes) is 10. The number of hydrogen-bond acceptors (Lipinski definition) is 3. The van der Waals surface area contributed by atoms with Crippen molar-refractivity contribution in [2.75, 3.05) is 51.9 Å². The lowest BCUT2D eigenvalue weighted by molar-refractivity contribution is -0.917. The van der Waals surface area contributed by atoms with Crippen LogP contribution in [0.3, 0.4) is 0 Å². The first-order valence-corrected chi connectivity index (χ1v) is 29.4. The summed E-state index contributed by atoms with van der Waals surface area (Å²) in [5, 5.41) is 10.3. The first kappa shape index (κ1) is 61.4. The highest BCUT2D eigenvalue weighted by Crippen LogP contribution is 2.60. The zero-order valence-electron chi connectivity index (χ0n) is 42.5. The van der Waals surface area contributed by atoms with Gasteiger partial charge in [-0.05, 0) is 122 Å². The number of benzene rings is 4. The van der Waals surface area contributed by atoms with Crippen molar-refractivity contribution in [1.29, 1.82) is 0 Å². The van der Waals surface area contributed by atoms with E-state index in [0.717, 1.165) is 17.3 Å². The molecule has 1 heterocycles. The average molecular weight is 1150 g/mol. The standard InChI is InChI=1S/C58H87N2O2P2.3BrH/c1-50(2)56(61)62-43-29-14-12-10-9-11-13-15-30-44-63(52-34-20-16-21-35-52,53-36-22-17-23-37-53)46-32-33-47-64(54-38-24-18-25-39-54,55-40-26-19-27-41-55)45-31-28-42-60(7,8)51-48-57(3,4)59-58(5,6)49-51;;;/h16-27,34-41,51,59H,1,9-15,28-33,42-49H2,2-8H3;3*1H/q+3;;;/p-3. The minimum absolute atomic E-state index is 0. The molecule has 4 aromatic rings. The van der Waals surface area contributed by atoms with Crippen molar-refractivity contribution in [3.8, 4) is 0 Å². The molecule has 67 heavy (non-hydrogen) atoms. The van der Waals surface area contributed by atoms with E-state index >= 15 is 0 Å². The van der Waals surface area contributed by atoms with Gasteiger partial charge in [-0.15, -0.1) is 0 Å². The highest BCUT2D eigenvalue weighted by molar-refractivity contribution is 7.90. The normalized spacial score (nSPS) is 14.8. The van der Waals surface area contributed by atoms with Crippen molar-refractivity contribution >= 4 is 41.7 Å². The fourth-order valence-electron chi connectivity index (χ4n) is 11.0. The molecule has 372 valence electrons. The van der Waals surface area contributed by atoms with Crippen molar-refractivity contribution in [3.63, 3.8) is 0 Å². The van der Waals surface area contributed by atoms with Gasteiger partial charge in [0.1, 0.15) is 0 Å². The molecule has 0 aromatic heterocycles. The van der Waals surface area contributed by atoms with Crippen LogP contribution in [0.2, 0.25) is 0 Å². The van der Waals surface area contributed by atoms with E-state index in [1.165, 1.54) is 115 Å². The first-order valence-electron chi connectivity index (χ1n) is 25.1. The van der Waals surface area contributed by atoms with Gasteiger partial charge in [0.15, 0.2) is 0 Å². The van der Waals surface area contributed by atoms with Gasteiger partial charge in [0.25, 0.3) is 0 Å². The zero-order chi connectivity index (χ0) is 45.9. The summed E-state index contributed by atoms with van der Waals surface area (Å²) >= 11 is 0. The molecule has 0 saturated carbocycles. The third-order valence-corrected chi connectivity index (χ3v) is 23.7. The molecule has 0 amide bonds. The van der Waals surface area contributed by atoms with E-state index in [2.05, 4.69) is 175 Å². The SMILES string of the molecule is C=C(C)C(=O)OCCCCCCCCCCC[P+](CCCC[P+](CCCC[N+](C)(C)C1CC(C)(C)NC(C)(C)C1)(c1ccccc1)c1ccccc1)(c1ccccc1)c1ccccc1.[Br-].[Br-].[Br-]. The van der Waals surface area contributed by atoms with E-state index in [1.807, 2.05) is 0 Å². The number of nitrogens with zero attached hydrogens (tertiary/aromatic N) is 1. The smallest absolute Gasteiger partial charge is 0.333 e. The van der Waals surface area contributed by atoms with Crippen LogP contribution in [0.5, 0.6) is 0 Å². The maximum Gasteiger partial charge on any atom is 0.333 e. The van der Waals surface area contributed by atoms with Crippen LogP contribution in [0.1, 0.15) is 131 Å². The van der Waals surface area contributed by atoms with Crippen molar-refractivity contribution in [2.24, 2.45) is 0 Å². The second-order valence-corrected chi connectivity index (χ2v) is 28.9. The lowest BCUT2D eigenvalue weighted by Crippen LogP contribution is -3.00. The van der Waals surface area contributed by atoms with Crippen LogP contribution >= 0.6 is 14.5 Å². The molecule has 0 bridgehead atoms. The van der Waals surface area contributed by atoms with Crippen molar-refractivity contribution in [3.05, 3.63) is 133 Å². The maximum absolute atomic E-state index is 11.6. The first-order chi connectivity index (χ1) is 30.7. The summed E-state index contributed by atoms with van der Waals surface area (Å²) in [4.78, 5) is 11.6. The number of halogens is 3. The number of piperidine rings is 1. The lowest BCUT2D eigenvalue weighted by atomic mass is 9.78. The van der Waals surface area contributed by atoms with Gasteiger partial charge in [-0.3, -0.25) is 0 Å². The summed E-state index contributed by atoms with van der Waals surface area (Å²) in [6.45, 7) is 16.7. The molecule has 0 spiro atoms. The molecular formula is C58H87Br3N2O2P2. The minimum atomic E-state index is -1.67. The molecule has 9 heteroatoms. The minimum Gasteiger partial charge on any atom is -1.00 e. The number of nitrogens with one attached hydrogen (secondary N) is 1. The molecule has 1 aliphatic heterocycles. The number of carbonyl (C=O) groups is 1. The second kappa shape index (κ2) is 30.3. The zero-order valence-corrected chi connectivity index (χ0v) is 49.0. The monoisotopic (exact) mass is 1140 g/mol. The summed E-state index contributed by atoms with van der Waals surface area (Å²) in [6, 6.07) is 47.5. The van der Waals surface area contributed by atoms with E-state index in [-0.39, 0.29) is 68.0 Å². The number of carbonyl (C=O) groups excluding carboxylic acids is 1. The predicted octanol–water partition coefficient (Wildman–Crippen LogP) is 3.91. The van der Waals surface area contributed by atoms with Crippen LogP contribution in [0.25, 0.3) is 0 Å². The fraction of sp³-hybridized carbons (Fsp3) is 0.534. The highest BCUT2D eigenvalue weighted by Gasteiger charge is 2.46. The average Bonchev–Trinajstić information content (AvgIpc) is 3.28. The van der Waals surface area contributed by atoms with Gasteiger partial charge in [-0.1, -0.05) is 118 Å². The molecule has 5 rings (SSSR count). The summed E-state index contributed by atoms with van der Waals surface area (Å²) in [6.07, 6.45) is 23.7. The molecule has 4 nitrogen and oxygen atoms in total. The van der Waals surface area contributed by atoms with Crippen molar-refractivity contribution in [1.82, 2.24) is 5.32 Å². The van der Waals surface area contributed by atoms with Crippen LogP contribution in [0.4, 0.5) is 0 Å². The van der Waals surface area contributed by atoms with E-state index in [1.54, 1.807) is 28.1 Å². The Kier molecular flexibility index (Phi) is 27.7. The van der Waals surface area contributed by atoms with Crippen LogP contribution in [-0.2, 0) is 9.53 Å². The molecule has 0 atom stereocenters. The molecule has 1 fully saturated rings. The van der Waals surface area contributed by atoms with Gasteiger partial charge in [0.2, 0.25) is 0 Å². The number of hydrogen-bond donors (Lipinski definition) is 1. The number of quaternary nitrogens is 1. The largest absolute Gasteiger partial charge is 1.00 e. The Labute approximate surface area is 442 Å². The number of ether oxygens (including phenoxy) is 1. The Morgan fingerprint density at radius 1 is 0.537 bits per heavy atom. The van der Waals surface area contributed by atoms with Gasteiger partial charge in [0.05, 0.1) is 93.7 Å². The number of rotatable bonds is 28. The quantitative estimate of drug-likeness (QED) is 0.0309. The molecule has 1 N–H and O–H groups in total.